The molecule has 1 aliphatic rings. The Labute approximate surface area is 119 Å². The molecule has 0 fully saturated rings. The van der Waals surface area contributed by atoms with E-state index in [9.17, 15) is 4.79 Å². The zero-order valence-electron chi connectivity index (χ0n) is 11.4. The van der Waals surface area contributed by atoms with Gasteiger partial charge in [0, 0.05) is 5.69 Å². The summed E-state index contributed by atoms with van der Waals surface area (Å²) in [6, 6.07) is 18.2. The Morgan fingerprint density at radius 2 is 1.65 bits per heavy atom. The molecule has 0 saturated heterocycles. The van der Waals surface area contributed by atoms with Crippen molar-refractivity contribution in [2.75, 3.05) is 5.32 Å². The first-order chi connectivity index (χ1) is 9.74. The minimum atomic E-state index is -0.127. The summed E-state index contributed by atoms with van der Waals surface area (Å²) in [5, 5.41) is 3.44. The molecule has 100 valence electrons. The number of nitrogens with one attached hydrogen (secondary N) is 1. The number of aryl methyl sites for hydroxylation is 1. The normalized spacial score (nSPS) is 21.1. The molecule has 3 rings (SSSR count). The second kappa shape index (κ2) is 5.33. The summed E-state index contributed by atoms with van der Waals surface area (Å²) in [7, 11) is 0. The highest BCUT2D eigenvalue weighted by Crippen LogP contribution is 2.29. The lowest BCUT2D eigenvalue weighted by molar-refractivity contribution is -0.115. The topological polar surface area (TPSA) is 29.1 Å². The zero-order valence-corrected chi connectivity index (χ0v) is 11.4. The van der Waals surface area contributed by atoms with Crippen LogP contribution in [0.4, 0.5) is 5.69 Å². The van der Waals surface area contributed by atoms with Gasteiger partial charge in [0.1, 0.15) is 0 Å². The molecular formula is C18H17NO. The van der Waals surface area contributed by atoms with Crippen LogP contribution in [0.25, 0.3) is 0 Å². The Hall–Kier alpha value is -2.35. The summed E-state index contributed by atoms with van der Waals surface area (Å²) in [5.74, 6) is 0.0401. The maximum Gasteiger partial charge on any atom is 0.165 e. The molecule has 20 heavy (non-hydrogen) atoms. The minimum absolute atomic E-state index is 0.0209. The van der Waals surface area contributed by atoms with E-state index in [1.165, 1.54) is 5.56 Å². The van der Waals surface area contributed by atoms with Gasteiger partial charge < -0.3 is 5.32 Å². The Bertz CT molecular complexity index is 628. The second-order valence-electron chi connectivity index (χ2n) is 5.19. The quantitative estimate of drug-likeness (QED) is 0.915. The van der Waals surface area contributed by atoms with Gasteiger partial charge in [-0.25, -0.2) is 0 Å². The van der Waals surface area contributed by atoms with Crippen LogP contribution in [0.5, 0.6) is 0 Å². The molecule has 1 aliphatic carbocycles. The average Bonchev–Trinajstić information content (AvgIpc) is 2.83. The number of anilines is 1. The summed E-state index contributed by atoms with van der Waals surface area (Å²) in [6.07, 6.45) is 3.64. The van der Waals surface area contributed by atoms with E-state index in [4.69, 9.17) is 0 Å². The van der Waals surface area contributed by atoms with Crippen molar-refractivity contribution in [2.24, 2.45) is 0 Å². The van der Waals surface area contributed by atoms with Gasteiger partial charge in [-0.15, -0.1) is 0 Å². The number of ketones is 1. The lowest BCUT2D eigenvalue weighted by atomic mass is 9.92. The minimum Gasteiger partial charge on any atom is -0.378 e. The first-order valence-corrected chi connectivity index (χ1v) is 6.84. The molecule has 0 radical (unpaired) electrons. The van der Waals surface area contributed by atoms with Gasteiger partial charge in [-0.05, 0) is 30.7 Å². The van der Waals surface area contributed by atoms with E-state index in [-0.39, 0.29) is 17.7 Å². The number of benzene rings is 2. The monoisotopic (exact) mass is 263 g/mol. The van der Waals surface area contributed by atoms with E-state index in [1.807, 2.05) is 48.5 Å². The summed E-state index contributed by atoms with van der Waals surface area (Å²) in [6.45, 7) is 2.07. The Morgan fingerprint density at radius 3 is 2.35 bits per heavy atom. The molecule has 2 aromatic carbocycles. The van der Waals surface area contributed by atoms with Gasteiger partial charge in [0.25, 0.3) is 0 Å². The van der Waals surface area contributed by atoms with Gasteiger partial charge in [-0.1, -0.05) is 54.1 Å². The Kier molecular flexibility index (Phi) is 3.38. The van der Waals surface area contributed by atoms with E-state index in [0.29, 0.717) is 0 Å². The molecule has 0 bridgehead atoms. The Balaban J connectivity index is 1.83. The van der Waals surface area contributed by atoms with Crippen molar-refractivity contribution in [3.05, 3.63) is 77.9 Å². The third-order valence-electron chi connectivity index (χ3n) is 3.68. The summed E-state index contributed by atoms with van der Waals surface area (Å²) in [5.41, 5.74) is 3.33. The molecule has 2 heteroatoms. The number of rotatable bonds is 3. The molecular weight excluding hydrogens is 246 g/mol. The van der Waals surface area contributed by atoms with Crippen molar-refractivity contribution in [1.82, 2.24) is 0 Å². The molecule has 0 aliphatic heterocycles. The zero-order chi connectivity index (χ0) is 13.9. The van der Waals surface area contributed by atoms with Crippen LogP contribution in [-0.2, 0) is 4.79 Å². The van der Waals surface area contributed by atoms with Gasteiger partial charge in [0.2, 0.25) is 0 Å². The Morgan fingerprint density at radius 1 is 0.950 bits per heavy atom. The number of carbonyl (C=O) groups is 1. The summed E-state index contributed by atoms with van der Waals surface area (Å²) >= 11 is 0. The molecule has 0 unspecified atom stereocenters. The number of allylic oxidation sites excluding steroid dienone is 1. The van der Waals surface area contributed by atoms with Gasteiger partial charge in [-0.2, -0.15) is 0 Å². The second-order valence-corrected chi connectivity index (χ2v) is 5.19. The van der Waals surface area contributed by atoms with Crippen LogP contribution in [0.1, 0.15) is 17.0 Å². The molecule has 0 amide bonds. The molecule has 2 aromatic rings. The van der Waals surface area contributed by atoms with Crippen LogP contribution in [0.3, 0.4) is 0 Å². The fraction of sp³-hybridized carbons (Fsp3) is 0.167. The molecule has 2 nitrogen and oxygen atoms in total. The highest BCUT2D eigenvalue weighted by Gasteiger charge is 2.31. The van der Waals surface area contributed by atoms with E-state index in [1.54, 1.807) is 6.08 Å². The van der Waals surface area contributed by atoms with Gasteiger partial charge in [0.05, 0.1) is 12.0 Å². The lowest BCUT2D eigenvalue weighted by Gasteiger charge is -2.21. The first-order valence-electron chi connectivity index (χ1n) is 6.84. The third kappa shape index (κ3) is 2.50. The SMILES string of the molecule is Cc1ccc(N[C@@H]2C=CC(=O)[C@H]2c2ccccc2)cc1. The highest BCUT2D eigenvalue weighted by molar-refractivity contribution is 5.99. The number of hydrogen-bond acceptors (Lipinski definition) is 2. The van der Waals surface area contributed by atoms with E-state index in [0.717, 1.165) is 11.3 Å². The van der Waals surface area contributed by atoms with Crippen LogP contribution < -0.4 is 5.32 Å². The average molecular weight is 263 g/mol. The van der Waals surface area contributed by atoms with Gasteiger partial charge >= 0.3 is 0 Å². The molecule has 0 heterocycles. The molecule has 0 aromatic heterocycles. The van der Waals surface area contributed by atoms with Crippen molar-refractivity contribution in [1.29, 1.82) is 0 Å². The fourth-order valence-corrected chi connectivity index (χ4v) is 2.60. The number of carbonyl (C=O) groups excluding carboxylic acids is 1. The largest absolute Gasteiger partial charge is 0.378 e. The predicted octanol–water partition coefficient (Wildman–Crippen LogP) is 3.70. The molecule has 2 atom stereocenters. The van der Waals surface area contributed by atoms with Crippen molar-refractivity contribution < 1.29 is 4.79 Å². The van der Waals surface area contributed by atoms with Crippen molar-refractivity contribution in [3.63, 3.8) is 0 Å². The van der Waals surface area contributed by atoms with Gasteiger partial charge in [0.15, 0.2) is 5.78 Å². The molecule has 0 spiro atoms. The maximum atomic E-state index is 12.1. The van der Waals surface area contributed by atoms with Crippen molar-refractivity contribution in [2.45, 2.75) is 18.9 Å². The van der Waals surface area contributed by atoms with Gasteiger partial charge in [-0.3, -0.25) is 4.79 Å². The summed E-state index contributed by atoms with van der Waals surface area (Å²) in [4.78, 5) is 12.1. The van der Waals surface area contributed by atoms with Crippen LogP contribution in [0.15, 0.2) is 66.7 Å². The third-order valence-corrected chi connectivity index (χ3v) is 3.68. The predicted molar refractivity (Wildman–Crippen MR) is 81.9 cm³/mol. The first kappa shape index (κ1) is 12.7. The van der Waals surface area contributed by atoms with E-state index < -0.39 is 0 Å². The lowest BCUT2D eigenvalue weighted by Crippen LogP contribution is -2.25. The number of hydrogen-bond donors (Lipinski definition) is 1. The van der Waals surface area contributed by atoms with Crippen molar-refractivity contribution >= 4 is 11.5 Å². The highest BCUT2D eigenvalue weighted by atomic mass is 16.1. The van der Waals surface area contributed by atoms with Crippen LogP contribution in [-0.4, -0.2) is 11.8 Å². The van der Waals surface area contributed by atoms with Crippen LogP contribution in [0, 0.1) is 6.92 Å². The van der Waals surface area contributed by atoms with E-state index >= 15 is 0 Å². The molecule has 0 saturated carbocycles. The smallest absolute Gasteiger partial charge is 0.165 e. The van der Waals surface area contributed by atoms with Crippen LogP contribution >= 0.6 is 0 Å². The van der Waals surface area contributed by atoms with Crippen LogP contribution in [0.2, 0.25) is 0 Å². The molecule has 1 N–H and O–H groups in total. The fourth-order valence-electron chi connectivity index (χ4n) is 2.60. The van der Waals surface area contributed by atoms with E-state index in [2.05, 4.69) is 24.4 Å². The van der Waals surface area contributed by atoms with Crippen molar-refractivity contribution in [3.8, 4) is 0 Å². The maximum absolute atomic E-state index is 12.1. The standard InChI is InChI=1S/C18H17NO/c1-13-7-9-15(10-8-13)19-16-11-12-17(20)18(16)14-5-3-2-4-6-14/h2-12,16,18-19H,1H3/t16-,18+/m1/s1. The summed E-state index contributed by atoms with van der Waals surface area (Å²) < 4.78 is 0.